The third-order valence-corrected chi connectivity index (χ3v) is 6.13. The van der Waals surface area contributed by atoms with Crippen LogP contribution in [0.2, 0.25) is 0 Å². The highest BCUT2D eigenvalue weighted by Crippen LogP contribution is 2.43. The average molecular weight is 491 g/mol. The second-order valence-corrected chi connectivity index (χ2v) is 8.27. The van der Waals surface area contributed by atoms with Crippen molar-refractivity contribution in [1.29, 1.82) is 0 Å². The topological polar surface area (TPSA) is 86.3 Å². The van der Waals surface area contributed by atoms with Crippen molar-refractivity contribution >= 4 is 17.5 Å². The van der Waals surface area contributed by atoms with Gasteiger partial charge >= 0.3 is 0 Å². The highest BCUT2D eigenvalue weighted by Gasteiger charge is 2.35. The lowest BCUT2D eigenvalue weighted by Gasteiger charge is -2.29. The summed E-state index contributed by atoms with van der Waals surface area (Å²) in [6.07, 6.45) is 0.0333. The number of fused-ring (bicyclic) bond motifs is 1. The highest BCUT2D eigenvalue weighted by atomic mass is 16.5. The fraction of sp³-hybridized carbons (Fsp3) is 0.286. The molecule has 2 amide bonds. The minimum atomic E-state index is -0.568. The van der Waals surface area contributed by atoms with Crippen LogP contribution in [-0.2, 0) is 11.3 Å². The van der Waals surface area contributed by atoms with Crippen LogP contribution in [0.4, 0.5) is 5.69 Å². The van der Waals surface area contributed by atoms with Crippen molar-refractivity contribution in [2.24, 2.45) is 0 Å². The van der Waals surface area contributed by atoms with Gasteiger partial charge in [-0.3, -0.25) is 9.59 Å². The molecule has 0 fully saturated rings. The van der Waals surface area contributed by atoms with Crippen molar-refractivity contribution < 1.29 is 28.5 Å². The monoisotopic (exact) mass is 490 g/mol. The van der Waals surface area contributed by atoms with E-state index in [0.717, 1.165) is 11.3 Å². The molecule has 1 heterocycles. The molecule has 0 unspecified atom stereocenters. The standard InChI is InChI=1S/C28H30N2O6/c1-5-36-21-12-10-20(11-13-21)29-26(31)16-23(30-17-18-8-6-7-9-22(18)28(30)32)19-14-24(33-2)27(35-4)25(15-19)34-3/h6-15,23H,5,16-17H2,1-4H3,(H,29,31)/t23-/m0/s1. The number of amides is 2. The number of carbonyl (C=O) groups excluding carboxylic acids is 2. The molecule has 0 spiro atoms. The zero-order chi connectivity index (χ0) is 25.7. The normalized spacial score (nSPS) is 13.1. The molecule has 1 aliphatic heterocycles. The summed E-state index contributed by atoms with van der Waals surface area (Å²) in [5.41, 5.74) is 2.91. The Balaban J connectivity index is 1.66. The van der Waals surface area contributed by atoms with Crippen LogP contribution in [0.25, 0.3) is 0 Å². The first-order valence-electron chi connectivity index (χ1n) is 11.7. The number of carbonyl (C=O) groups is 2. The van der Waals surface area contributed by atoms with Crippen LogP contribution >= 0.6 is 0 Å². The molecule has 0 radical (unpaired) electrons. The first-order chi connectivity index (χ1) is 17.5. The van der Waals surface area contributed by atoms with Gasteiger partial charge in [-0.1, -0.05) is 18.2 Å². The summed E-state index contributed by atoms with van der Waals surface area (Å²) in [5, 5.41) is 2.93. The maximum atomic E-state index is 13.4. The van der Waals surface area contributed by atoms with E-state index in [1.54, 1.807) is 41.3 Å². The molecule has 1 atom stereocenters. The van der Waals surface area contributed by atoms with Crippen molar-refractivity contribution in [2.75, 3.05) is 33.3 Å². The Bertz CT molecular complexity index is 1220. The van der Waals surface area contributed by atoms with Gasteiger partial charge in [-0.05, 0) is 60.5 Å². The number of nitrogens with one attached hydrogen (secondary N) is 1. The smallest absolute Gasteiger partial charge is 0.255 e. The molecule has 0 saturated heterocycles. The van der Waals surface area contributed by atoms with Crippen molar-refractivity contribution in [2.45, 2.75) is 25.9 Å². The molecular formula is C28H30N2O6. The number of methoxy groups -OCH3 is 3. The van der Waals surface area contributed by atoms with Crippen molar-refractivity contribution in [3.8, 4) is 23.0 Å². The molecule has 1 N–H and O–H groups in total. The Kier molecular flexibility index (Phi) is 7.63. The van der Waals surface area contributed by atoms with E-state index in [-0.39, 0.29) is 18.2 Å². The van der Waals surface area contributed by atoms with E-state index in [0.29, 0.717) is 47.2 Å². The summed E-state index contributed by atoms with van der Waals surface area (Å²) in [7, 11) is 4.60. The van der Waals surface area contributed by atoms with Gasteiger partial charge in [0.2, 0.25) is 11.7 Å². The number of nitrogens with zero attached hydrogens (tertiary/aromatic N) is 1. The molecule has 0 bridgehead atoms. The van der Waals surface area contributed by atoms with Gasteiger partial charge in [0, 0.05) is 17.8 Å². The Morgan fingerprint density at radius 1 is 0.972 bits per heavy atom. The summed E-state index contributed by atoms with van der Waals surface area (Å²) in [6.45, 7) is 2.87. The number of benzene rings is 3. The van der Waals surface area contributed by atoms with Gasteiger partial charge in [-0.25, -0.2) is 0 Å². The number of anilines is 1. The Labute approximate surface area is 210 Å². The quantitative estimate of drug-likeness (QED) is 0.438. The fourth-order valence-corrected chi connectivity index (χ4v) is 4.42. The first-order valence-corrected chi connectivity index (χ1v) is 11.7. The van der Waals surface area contributed by atoms with Crippen LogP contribution in [0.15, 0.2) is 60.7 Å². The SMILES string of the molecule is CCOc1ccc(NC(=O)C[C@@H](c2cc(OC)c(OC)c(OC)c2)N2Cc3ccccc3C2=O)cc1. The number of hydrogen-bond donors (Lipinski definition) is 1. The maximum Gasteiger partial charge on any atom is 0.255 e. The van der Waals surface area contributed by atoms with Gasteiger partial charge < -0.3 is 29.2 Å². The van der Waals surface area contributed by atoms with Crippen molar-refractivity contribution in [1.82, 2.24) is 4.90 Å². The molecule has 188 valence electrons. The molecule has 0 aromatic heterocycles. The summed E-state index contributed by atoms with van der Waals surface area (Å²) in [4.78, 5) is 28.3. The van der Waals surface area contributed by atoms with Gasteiger partial charge in [0.05, 0.1) is 40.4 Å². The van der Waals surface area contributed by atoms with E-state index in [9.17, 15) is 9.59 Å². The first kappa shape index (κ1) is 24.9. The lowest BCUT2D eigenvalue weighted by Crippen LogP contribution is -2.32. The summed E-state index contributed by atoms with van der Waals surface area (Å²) in [6, 6.07) is 17.7. The van der Waals surface area contributed by atoms with E-state index in [1.807, 2.05) is 31.2 Å². The Morgan fingerprint density at radius 3 is 2.22 bits per heavy atom. The summed E-state index contributed by atoms with van der Waals surface area (Å²) >= 11 is 0. The minimum Gasteiger partial charge on any atom is -0.494 e. The second kappa shape index (κ2) is 11.0. The highest BCUT2D eigenvalue weighted by molar-refractivity contribution is 5.99. The number of ether oxygens (including phenoxy) is 4. The van der Waals surface area contributed by atoms with Crippen LogP contribution in [0, 0.1) is 0 Å². The number of hydrogen-bond acceptors (Lipinski definition) is 6. The third-order valence-electron chi connectivity index (χ3n) is 6.13. The molecule has 4 rings (SSSR count). The van der Waals surface area contributed by atoms with Gasteiger partial charge in [-0.15, -0.1) is 0 Å². The van der Waals surface area contributed by atoms with E-state index in [4.69, 9.17) is 18.9 Å². The van der Waals surface area contributed by atoms with Gasteiger partial charge in [0.15, 0.2) is 11.5 Å². The summed E-state index contributed by atoms with van der Waals surface area (Å²) in [5.74, 6) is 1.71. The van der Waals surface area contributed by atoms with Crippen molar-refractivity contribution in [3.63, 3.8) is 0 Å². The van der Waals surface area contributed by atoms with Crippen LogP contribution in [-0.4, -0.2) is 44.7 Å². The second-order valence-electron chi connectivity index (χ2n) is 8.27. The predicted octanol–water partition coefficient (Wildman–Crippen LogP) is 4.84. The van der Waals surface area contributed by atoms with Crippen molar-refractivity contribution in [3.05, 3.63) is 77.4 Å². The van der Waals surface area contributed by atoms with Crippen LogP contribution in [0.3, 0.4) is 0 Å². The molecular weight excluding hydrogens is 460 g/mol. The predicted molar refractivity (Wildman–Crippen MR) is 136 cm³/mol. The molecule has 1 aliphatic rings. The molecule has 8 nitrogen and oxygen atoms in total. The van der Waals surface area contributed by atoms with E-state index >= 15 is 0 Å². The maximum absolute atomic E-state index is 13.4. The largest absolute Gasteiger partial charge is 0.494 e. The molecule has 0 saturated carbocycles. The lowest BCUT2D eigenvalue weighted by atomic mass is 10.00. The molecule has 3 aromatic rings. The van der Waals surface area contributed by atoms with Gasteiger partial charge in [-0.2, -0.15) is 0 Å². The lowest BCUT2D eigenvalue weighted by molar-refractivity contribution is -0.117. The van der Waals surface area contributed by atoms with E-state index in [2.05, 4.69) is 5.32 Å². The van der Waals surface area contributed by atoms with Crippen LogP contribution in [0.1, 0.15) is 40.9 Å². The van der Waals surface area contributed by atoms with E-state index < -0.39 is 6.04 Å². The minimum absolute atomic E-state index is 0.0333. The Morgan fingerprint density at radius 2 is 1.64 bits per heavy atom. The Hall–Kier alpha value is -4.20. The molecule has 36 heavy (non-hydrogen) atoms. The third kappa shape index (κ3) is 5.07. The van der Waals surface area contributed by atoms with E-state index in [1.165, 1.54) is 21.3 Å². The molecule has 0 aliphatic carbocycles. The molecule has 3 aromatic carbocycles. The van der Waals surface area contributed by atoms with Gasteiger partial charge in [0.1, 0.15) is 5.75 Å². The zero-order valence-corrected chi connectivity index (χ0v) is 20.9. The van der Waals surface area contributed by atoms with Gasteiger partial charge in [0.25, 0.3) is 5.91 Å². The number of rotatable bonds is 10. The summed E-state index contributed by atoms with van der Waals surface area (Å²) < 4.78 is 22.0. The van der Waals surface area contributed by atoms with Crippen LogP contribution < -0.4 is 24.3 Å². The fourth-order valence-electron chi connectivity index (χ4n) is 4.42. The van der Waals surface area contributed by atoms with Crippen LogP contribution in [0.5, 0.6) is 23.0 Å². The molecule has 8 heteroatoms. The average Bonchev–Trinajstić information content (AvgIpc) is 3.23. The zero-order valence-electron chi connectivity index (χ0n) is 20.9.